The first-order valence-electron chi connectivity index (χ1n) is 6.48. The Balaban J connectivity index is 2.36. The van der Waals surface area contributed by atoms with E-state index in [9.17, 15) is 4.79 Å². The molecule has 0 saturated carbocycles. The number of carbonyl (C=O) groups is 1. The molecule has 21 heavy (non-hydrogen) atoms. The molecule has 0 atom stereocenters. The van der Waals surface area contributed by atoms with Crippen molar-refractivity contribution in [1.29, 1.82) is 5.26 Å². The minimum atomic E-state index is -0.196. The summed E-state index contributed by atoms with van der Waals surface area (Å²) < 4.78 is 0. The van der Waals surface area contributed by atoms with Crippen LogP contribution in [0.4, 0.5) is 5.69 Å². The topological polar surface area (TPSA) is 57.0 Å². The Kier molecular flexibility index (Phi) is 4.91. The van der Waals surface area contributed by atoms with Crippen molar-refractivity contribution in [2.45, 2.75) is 13.3 Å². The fourth-order valence-corrected chi connectivity index (χ4v) is 2.08. The summed E-state index contributed by atoms with van der Waals surface area (Å²) in [6.07, 6.45) is 3.37. The van der Waals surface area contributed by atoms with Crippen molar-refractivity contribution in [3.63, 3.8) is 0 Å². The molecule has 0 N–H and O–H groups in total. The van der Waals surface area contributed by atoms with Crippen LogP contribution in [0.2, 0.25) is 5.02 Å². The van der Waals surface area contributed by atoms with Crippen LogP contribution in [0.5, 0.6) is 0 Å². The van der Waals surface area contributed by atoms with Crippen LogP contribution in [-0.2, 0) is 0 Å². The van der Waals surface area contributed by atoms with Gasteiger partial charge in [0.1, 0.15) is 0 Å². The maximum atomic E-state index is 12.6. The number of halogens is 1. The number of aryl methyl sites for hydroxylation is 1. The number of aromatic nitrogens is 1. The van der Waals surface area contributed by atoms with Crippen LogP contribution in [0.3, 0.4) is 0 Å². The van der Waals surface area contributed by atoms with Crippen molar-refractivity contribution >= 4 is 23.2 Å². The van der Waals surface area contributed by atoms with Gasteiger partial charge in [-0.1, -0.05) is 17.7 Å². The van der Waals surface area contributed by atoms with Gasteiger partial charge >= 0.3 is 0 Å². The summed E-state index contributed by atoms with van der Waals surface area (Å²) in [5.41, 5.74) is 2.09. The predicted octanol–water partition coefficient (Wildman–Crippen LogP) is 3.60. The van der Waals surface area contributed by atoms with Crippen molar-refractivity contribution in [2.75, 3.05) is 11.4 Å². The Morgan fingerprint density at radius 3 is 2.86 bits per heavy atom. The van der Waals surface area contributed by atoms with Gasteiger partial charge in [0.25, 0.3) is 5.91 Å². The van der Waals surface area contributed by atoms with Gasteiger partial charge in [-0.15, -0.1) is 0 Å². The van der Waals surface area contributed by atoms with Gasteiger partial charge in [0.05, 0.1) is 18.1 Å². The molecule has 0 spiro atoms. The van der Waals surface area contributed by atoms with Crippen molar-refractivity contribution in [3.8, 4) is 6.07 Å². The van der Waals surface area contributed by atoms with Crippen molar-refractivity contribution in [3.05, 3.63) is 58.9 Å². The second kappa shape index (κ2) is 6.87. The zero-order chi connectivity index (χ0) is 15.2. The second-order valence-corrected chi connectivity index (χ2v) is 4.95. The summed E-state index contributed by atoms with van der Waals surface area (Å²) in [5.74, 6) is -0.196. The third-order valence-electron chi connectivity index (χ3n) is 3.07. The van der Waals surface area contributed by atoms with E-state index in [0.29, 0.717) is 22.8 Å². The molecule has 1 amide bonds. The van der Waals surface area contributed by atoms with E-state index in [-0.39, 0.29) is 12.3 Å². The molecule has 2 aromatic rings. The Morgan fingerprint density at radius 2 is 2.24 bits per heavy atom. The number of pyridine rings is 1. The molecule has 0 radical (unpaired) electrons. The summed E-state index contributed by atoms with van der Waals surface area (Å²) in [4.78, 5) is 18.1. The Morgan fingerprint density at radius 1 is 1.43 bits per heavy atom. The first-order valence-corrected chi connectivity index (χ1v) is 6.86. The zero-order valence-electron chi connectivity index (χ0n) is 11.6. The lowest BCUT2D eigenvalue weighted by Crippen LogP contribution is -2.31. The molecule has 5 heteroatoms. The van der Waals surface area contributed by atoms with Gasteiger partial charge in [-0.2, -0.15) is 5.26 Å². The zero-order valence-corrected chi connectivity index (χ0v) is 12.3. The number of anilines is 1. The lowest BCUT2D eigenvalue weighted by Gasteiger charge is -2.22. The molecular weight excluding hydrogens is 286 g/mol. The highest BCUT2D eigenvalue weighted by Crippen LogP contribution is 2.24. The number of nitriles is 1. The minimum absolute atomic E-state index is 0.196. The molecule has 0 bridgehead atoms. The molecule has 0 fully saturated rings. The molecule has 0 aliphatic carbocycles. The molecular formula is C16H14ClN3O. The molecule has 106 valence electrons. The lowest BCUT2D eigenvalue weighted by molar-refractivity contribution is 0.0987. The molecule has 0 aliphatic heterocycles. The van der Waals surface area contributed by atoms with Crippen LogP contribution in [0.1, 0.15) is 22.3 Å². The number of amides is 1. The number of carbonyl (C=O) groups excluding carboxylic acids is 1. The van der Waals surface area contributed by atoms with Gasteiger partial charge in [-0.3, -0.25) is 9.78 Å². The predicted molar refractivity (Wildman–Crippen MR) is 82.3 cm³/mol. The minimum Gasteiger partial charge on any atom is -0.307 e. The van der Waals surface area contributed by atoms with Gasteiger partial charge in [0.2, 0.25) is 0 Å². The van der Waals surface area contributed by atoms with E-state index in [1.165, 1.54) is 6.20 Å². The standard InChI is InChI=1S/C16H14ClN3O/c1-12-5-6-14(10-15(12)17)20(9-3-7-18)16(21)13-4-2-8-19-11-13/h2,4-6,8,10-11H,3,9H2,1H3. The van der Waals surface area contributed by atoms with Gasteiger partial charge in [0, 0.05) is 29.6 Å². The number of hydrogen-bond donors (Lipinski definition) is 0. The third-order valence-corrected chi connectivity index (χ3v) is 3.48. The molecule has 0 aliphatic rings. The molecule has 1 aromatic heterocycles. The fraction of sp³-hybridized carbons (Fsp3) is 0.188. The van der Waals surface area contributed by atoms with Crippen LogP contribution in [0.25, 0.3) is 0 Å². The van der Waals surface area contributed by atoms with Crippen molar-refractivity contribution < 1.29 is 4.79 Å². The van der Waals surface area contributed by atoms with Gasteiger partial charge in [0.15, 0.2) is 0 Å². The first kappa shape index (κ1) is 15.0. The van der Waals surface area contributed by atoms with Crippen LogP contribution in [0.15, 0.2) is 42.7 Å². The van der Waals surface area contributed by atoms with E-state index < -0.39 is 0 Å². The summed E-state index contributed by atoms with van der Waals surface area (Å²) in [7, 11) is 0. The molecule has 1 aromatic carbocycles. The van der Waals surface area contributed by atoms with Crippen LogP contribution >= 0.6 is 11.6 Å². The Labute approximate surface area is 128 Å². The highest BCUT2D eigenvalue weighted by atomic mass is 35.5. The van der Waals surface area contributed by atoms with E-state index in [1.54, 1.807) is 29.3 Å². The number of hydrogen-bond acceptors (Lipinski definition) is 3. The van der Waals surface area contributed by atoms with E-state index in [2.05, 4.69) is 11.1 Å². The van der Waals surface area contributed by atoms with E-state index in [4.69, 9.17) is 16.9 Å². The van der Waals surface area contributed by atoms with Crippen molar-refractivity contribution in [2.24, 2.45) is 0 Å². The van der Waals surface area contributed by atoms with Crippen LogP contribution in [-0.4, -0.2) is 17.4 Å². The Bertz CT molecular complexity index is 680. The van der Waals surface area contributed by atoms with Gasteiger partial charge < -0.3 is 4.90 Å². The van der Waals surface area contributed by atoms with E-state index >= 15 is 0 Å². The average Bonchev–Trinajstić information content (AvgIpc) is 2.51. The number of benzene rings is 1. The number of rotatable bonds is 4. The molecule has 1 heterocycles. The highest BCUT2D eigenvalue weighted by Gasteiger charge is 2.18. The van der Waals surface area contributed by atoms with Gasteiger partial charge in [-0.25, -0.2) is 0 Å². The maximum absolute atomic E-state index is 12.6. The van der Waals surface area contributed by atoms with Gasteiger partial charge in [-0.05, 0) is 36.8 Å². The third kappa shape index (κ3) is 3.59. The molecule has 4 nitrogen and oxygen atoms in total. The van der Waals surface area contributed by atoms with E-state index in [1.807, 2.05) is 19.1 Å². The average molecular weight is 300 g/mol. The second-order valence-electron chi connectivity index (χ2n) is 4.54. The Hall–Kier alpha value is -2.38. The molecule has 0 unspecified atom stereocenters. The van der Waals surface area contributed by atoms with E-state index in [0.717, 1.165) is 5.56 Å². The maximum Gasteiger partial charge on any atom is 0.259 e. The van der Waals surface area contributed by atoms with Crippen molar-refractivity contribution in [1.82, 2.24) is 4.98 Å². The summed E-state index contributed by atoms with van der Waals surface area (Å²) >= 11 is 6.13. The fourth-order valence-electron chi connectivity index (χ4n) is 1.90. The summed E-state index contributed by atoms with van der Waals surface area (Å²) in [5, 5.41) is 9.38. The SMILES string of the molecule is Cc1ccc(N(CCC#N)C(=O)c2cccnc2)cc1Cl. The van der Waals surface area contributed by atoms with Crippen LogP contribution in [0, 0.1) is 18.3 Å². The molecule has 2 rings (SSSR count). The largest absolute Gasteiger partial charge is 0.307 e. The molecule has 0 saturated heterocycles. The number of nitrogens with zero attached hydrogens (tertiary/aromatic N) is 3. The highest BCUT2D eigenvalue weighted by molar-refractivity contribution is 6.31. The smallest absolute Gasteiger partial charge is 0.259 e. The first-order chi connectivity index (χ1) is 10.1. The summed E-state index contributed by atoms with van der Waals surface area (Å²) in [6.45, 7) is 2.21. The lowest BCUT2D eigenvalue weighted by atomic mass is 10.1. The summed E-state index contributed by atoms with van der Waals surface area (Å²) in [6, 6.07) is 10.9. The quantitative estimate of drug-likeness (QED) is 0.866. The van der Waals surface area contributed by atoms with Crippen LogP contribution < -0.4 is 4.90 Å². The monoisotopic (exact) mass is 299 g/mol. The normalized spacial score (nSPS) is 9.95.